The second kappa shape index (κ2) is 9.05. The molecule has 0 radical (unpaired) electrons. The van der Waals surface area contributed by atoms with E-state index < -0.39 is 0 Å². The molecule has 1 atom stereocenters. The van der Waals surface area contributed by atoms with E-state index in [0.717, 1.165) is 36.9 Å². The van der Waals surface area contributed by atoms with Crippen LogP contribution in [0.5, 0.6) is 0 Å². The van der Waals surface area contributed by atoms with Crippen LogP contribution >= 0.6 is 0 Å². The molecule has 2 aromatic carbocycles. The summed E-state index contributed by atoms with van der Waals surface area (Å²) >= 11 is 0. The predicted octanol–water partition coefficient (Wildman–Crippen LogP) is 4.26. The van der Waals surface area contributed by atoms with Crippen LogP contribution in [0.25, 0.3) is 5.69 Å². The number of para-hydroxylation sites is 1. The van der Waals surface area contributed by atoms with Crippen LogP contribution in [0.3, 0.4) is 0 Å². The summed E-state index contributed by atoms with van der Waals surface area (Å²) in [4.78, 5) is 12.7. The predicted molar refractivity (Wildman–Crippen MR) is 113 cm³/mol. The van der Waals surface area contributed by atoms with E-state index in [9.17, 15) is 4.79 Å². The van der Waals surface area contributed by atoms with Gasteiger partial charge in [-0.15, -0.1) is 0 Å². The maximum absolute atomic E-state index is 12.7. The Morgan fingerprint density at radius 2 is 1.83 bits per heavy atom. The summed E-state index contributed by atoms with van der Waals surface area (Å²) in [6, 6.07) is 20.2. The summed E-state index contributed by atoms with van der Waals surface area (Å²) in [5, 5.41) is 7.65. The largest absolute Gasteiger partial charge is 0.374 e. The number of ether oxygens (including phenoxy) is 1. The zero-order valence-corrected chi connectivity index (χ0v) is 16.8. The van der Waals surface area contributed by atoms with Gasteiger partial charge in [0.15, 0.2) is 5.69 Å². The molecule has 1 unspecified atom stereocenters. The second-order valence-corrected chi connectivity index (χ2v) is 7.41. The average Bonchev–Trinajstić information content (AvgIpc) is 3.37. The molecule has 29 heavy (non-hydrogen) atoms. The summed E-state index contributed by atoms with van der Waals surface area (Å²) in [6.45, 7) is 3.23. The molecular formula is C24H27N3O2. The van der Waals surface area contributed by atoms with Gasteiger partial charge in [-0.3, -0.25) is 4.79 Å². The van der Waals surface area contributed by atoms with Gasteiger partial charge in [-0.25, -0.2) is 4.68 Å². The number of carbonyl (C=O) groups excluding carboxylic acids is 1. The lowest BCUT2D eigenvalue weighted by Gasteiger charge is -2.13. The molecule has 150 valence electrons. The fourth-order valence-corrected chi connectivity index (χ4v) is 3.84. The van der Waals surface area contributed by atoms with E-state index in [-0.39, 0.29) is 12.0 Å². The molecule has 0 saturated heterocycles. The van der Waals surface area contributed by atoms with Crippen molar-refractivity contribution in [2.24, 2.45) is 0 Å². The number of carbonyl (C=O) groups is 1. The standard InChI is InChI=1S/C24H27N3O2/c1-18(19-10-4-2-5-11-19)29-17-9-16-25-24(28)23-21-14-8-15-22(21)27(26-23)20-12-6-3-7-13-20/h2-7,10-13,18H,8-9,14-17H2,1H3,(H,25,28). The molecule has 1 heterocycles. The lowest BCUT2D eigenvalue weighted by molar-refractivity contribution is 0.0634. The van der Waals surface area contributed by atoms with Gasteiger partial charge in [0.05, 0.1) is 11.8 Å². The molecule has 0 saturated carbocycles. The first-order valence-electron chi connectivity index (χ1n) is 10.3. The van der Waals surface area contributed by atoms with E-state index in [0.29, 0.717) is 18.8 Å². The van der Waals surface area contributed by atoms with Crippen LogP contribution in [0.4, 0.5) is 0 Å². The minimum absolute atomic E-state index is 0.0525. The van der Waals surface area contributed by atoms with Gasteiger partial charge < -0.3 is 10.1 Å². The summed E-state index contributed by atoms with van der Waals surface area (Å²) in [6.07, 6.45) is 3.78. The van der Waals surface area contributed by atoms with E-state index in [1.807, 2.05) is 60.1 Å². The first-order valence-corrected chi connectivity index (χ1v) is 10.3. The molecule has 0 aliphatic heterocycles. The number of aromatic nitrogens is 2. The molecule has 4 rings (SSSR count). The Balaban J connectivity index is 1.31. The van der Waals surface area contributed by atoms with Crippen LogP contribution in [-0.4, -0.2) is 28.8 Å². The normalized spacial score (nSPS) is 13.8. The smallest absolute Gasteiger partial charge is 0.272 e. The van der Waals surface area contributed by atoms with Crippen LogP contribution < -0.4 is 5.32 Å². The van der Waals surface area contributed by atoms with Crippen molar-refractivity contribution in [2.45, 2.75) is 38.7 Å². The summed E-state index contributed by atoms with van der Waals surface area (Å²) in [5.74, 6) is -0.0889. The van der Waals surface area contributed by atoms with Gasteiger partial charge in [0.2, 0.25) is 0 Å². The van der Waals surface area contributed by atoms with Gasteiger partial charge in [-0.05, 0) is 50.3 Å². The van der Waals surface area contributed by atoms with Gasteiger partial charge in [0.1, 0.15) is 0 Å². The molecule has 0 fully saturated rings. The number of rotatable bonds is 8. The molecule has 1 aliphatic rings. The molecule has 3 aromatic rings. The molecule has 0 spiro atoms. The van der Waals surface area contributed by atoms with Gasteiger partial charge in [0.25, 0.3) is 5.91 Å². The lowest BCUT2D eigenvalue weighted by Crippen LogP contribution is -2.26. The van der Waals surface area contributed by atoms with Crippen LogP contribution in [0, 0.1) is 0 Å². The number of fused-ring (bicyclic) bond motifs is 1. The van der Waals surface area contributed by atoms with Gasteiger partial charge >= 0.3 is 0 Å². The minimum atomic E-state index is -0.0889. The third-order valence-corrected chi connectivity index (χ3v) is 5.39. The van der Waals surface area contributed by atoms with Crippen molar-refractivity contribution >= 4 is 5.91 Å². The molecule has 0 bridgehead atoms. The molecule has 5 nitrogen and oxygen atoms in total. The van der Waals surface area contributed by atoms with Crippen LogP contribution in [0.1, 0.15) is 53.2 Å². The molecular weight excluding hydrogens is 362 g/mol. The quantitative estimate of drug-likeness (QED) is 0.586. The Morgan fingerprint density at radius 1 is 1.10 bits per heavy atom. The third-order valence-electron chi connectivity index (χ3n) is 5.39. The van der Waals surface area contributed by atoms with E-state index in [2.05, 4.69) is 22.5 Å². The van der Waals surface area contributed by atoms with Gasteiger partial charge in [-0.2, -0.15) is 5.10 Å². The van der Waals surface area contributed by atoms with Crippen molar-refractivity contribution < 1.29 is 9.53 Å². The first-order chi connectivity index (χ1) is 14.2. The molecule has 1 aliphatic carbocycles. The Kier molecular flexibility index (Phi) is 6.06. The van der Waals surface area contributed by atoms with Crippen LogP contribution in [0.15, 0.2) is 60.7 Å². The van der Waals surface area contributed by atoms with E-state index in [1.54, 1.807) is 0 Å². The molecule has 1 N–H and O–H groups in total. The van der Waals surface area contributed by atoms with Crippen molar-refractivity contribution in [1.29, 1.82) is 0 Å². The van der Waals surface area contributed by atoms with Crippen LogP contribution in [-0.2, 0) is 17.6 Å². The number of benzene rings is 2. The van der Waals surface area contributed by atoms with Gasteiger partial charge in [-0.1, -0.05) is 48.5 Å². The highest BCUT2D eigenvalue weighted by molar-refractivity contribution is 5.94. The summed E-state index contributed by atoms with van der Waals surface area (Å²) < 4.78 is 7.81. The highest BCUT2D eigenvalue weighted by Gasteiger charge is 2.26. The summed E-state index contributed by atoms with van der Waals surface area (Å²) in [7, 11) is 0. The fraction of sp³-hybridized carbons (Fsp3) is 0.333. The maximum Gasteiger partial charge on any atom is 0.272 e. The van der Waals surface area contributed by atoms with Gasteiger partial charge in [0, 0.05) is 24.4 Å². The second-order valence-electron chi connectivity index (χ2n) is 7.41. The Hall–Kier alpha value is -2.92. The minimum Gasteiger partial charge on any atom is -0.374 e. The van der Waals surface area contributed by atoms with Crippen molar-refractivity contribution in [2.75, 3.05) is 13.2 Å². The maximum atomic E-state index is 12.7. The fourth-order valence-electron chi connectivity index (χ4n) is 3.84. The Morgan fingerprint density at radius 3 is 2.59 bits per heavy atom. The number of nitrogens with zero attached hydrogens (tertiary/aromatic N) is 2. The lowest BCUT2D eigenvalue weighted by atomic mass is 10.1. The van der Waals surface area contributed by atoms with Crippen molar-refractivity contribution in [3.63, 3.8) is 0 Å². The summed E-state index contributed by atoms with van der Waals surface area (Å²) in [5.41, 5.74) is 5.01. The van der Waals surface area contributed by atoms with E-state index in [4.69, 9.17) is 4.74 Å². The highest BCUT2D eigenvalue weighted by Crippen LogP contribution is 2.27. The Labute approximate surface area is 171 Å². The van der Waals surface area contributed by atoms with Crippen molar-refractivity contribution in [3.05, 3.63) is 83.2 Å². The van der Waals surface area contributed by atoms with E-state index in [1.165, 1.54) is 11.3 Å². The average molecular weight is 389 g/mol. The zero-order valence-electron chi connectivity index (χ0n) is 16.8. The number of hydrogen-bond donors (Lipinski definition) is 1. The highest BCUT2D eigenvalue weighted by atomic mass is 16.5. The topological polar surface area (TPSA) is 56.1 Å². The molecule has 1 aromatic heterocycles. The third kappa shape index (κ3) is 4.40. The monoisotopic (exact) mass is 389 g/mol. The molecule has 5 heteroatoms. The number of amides is 1. The SMILES string of the molecule is CC(OCCCNC(=O)c1nn(-c2ccccc2)c2c1CCC2)c1ccccc1. The molecule has 1 amide bonds. The Bertz CT molecular complexity index is 951. The number of nitrogens with one attached hydrogen (secondary N) is 1. The van der Waals surface area contributed by atoms with Crippen molar-refractivity contribution in [3.8, 4) is 5.69 Å². The van der Waals surface area contributed by atoms with Crippen molar-refractivity contribution in [1.82, 2.24) is 15.1 Å². The van der Waals surface area contributed by atoms with Crippen LogP contribution in [0.2, 0.25) is 0 Å². The number of hydrogen-bond acceptors (Lipinski definition) is 3. The zero-order chi connectivity index (χ0) is 20.1. The van der Waals surface area contributed by atoms with E-state index >= 15 is 0 Å². The first kappa shape index (κ1) is 19.4.